The topological polar surface area (TPSA) is 47.1 Å². The molecule has 2 heterocycles. The third kappa shape index (κ3) is 3.91. The Kier molecular flexibility index (Phi) is 5.45. The Balaban J connectivity index is 0.00000192. The van der Waals surface area contributed by atoms with Crippen LogP contribution in [0.5, 0.6) is 0 Å². The van der Waals surface area contributed by atoms with Gasteiger partial charge in [-0.2, -0.15) is 5.10 Å². The van der Waals surface area contributed by atoms with Gasteiger partial charge in [0.15, 0.2) is 0 Å². The molecule has 1 atom stereocenters. The van der Waals surface area contributed by atoms with Crippen molar-refractivity contribution in [3.05, 3.63) is 48.0 Å². The fourth-order valence-corrected chi connectivity index (χ4v) is 3.11. The first-order valence-corrected chi connectivity index (χ1v) is 7.72. The maximum atomic E-state index is 13.1. The molecule has 3 rings (SSSR count). The molecule has 0 saturated carbocycles. The molecule has 1 saturated heterocycles. The molecule has 1 fully saturated rings. The number of nitrogens with two attached hydrogens (primary N) is 1. The predicted octanol–water partition coefficient (Wildman–Crippen LogP) is 2.99. The zero-order valence-corrected chi connectivity index (χ0v) is 14.4. The highest BCUT2D eigenvalue weighted by atomic mass is 35.5. The summed E-state index contributed by atoms with van der Waals surface area (Å²) < 4.78 is 14.9. The fraction of sp³-hybridized carbons (Fsp3) is 0.471. The largest absolute Gasteiger partial charge is 0.327 e. The molecule has 0 aliphatic carbocycles. The van der Waals surface area contributed by atoms with E-state index in [0.29, 0.717) is 0 Å². The van der Waals surface area contributed by atoms with E-state index in [2.05, 4.69) is 23.8 Å². The van der Waals surface area contributed by atoms with E-state index < -0.39 is 0 Å². The number of nitrogens with zero attached hydrogens (tertiary/aromatic N) is 3. The number of rotatable bonds is 3. The summed E-state index contributed by atoms with van der Waals surface area (Å²) in [6, 6.07) is 8.70. The first-order chi connectivity index (χ1) is 10.5. The molecule has 4 nitrogen and oxygen atoms in total. The Morgan fingerprint density at radius 3 is 2.61 bits per heavy atom. The average Bonchev–Trinajstić information content (AvgIpc) is 2.92. The summed E-state index contributed by atoms with van der Waals surface area (Å²) in [5.74, 6) is -0.232. The Hall–Kier alpha value is -1.43. The molecule has 1 aromatic carbocycles. The highest BCUT2D eigenvalue weighted by Gasteiger charge is 2.33. The number of aromatic nitrogens is 2. The van der Waals surface area contributed by atoms with Crippen LogP contribution in [0.15, 0.2) is 36.5 Å². The molecule has 0 radical (unpaired) electrons. The van der Waals surface area contributed by atoms with Crippen LogP contribution in [0.25, 0.3) is 5.69 Å². The minimum atomic E-state index is -0.232. The summed E-state index contributed by atoms with van der Waals surface area (Å²) in [4.78, 5) is 2.42. The SMILES string of the molecule is CC1(C)CN(Cc2ccnn2-c2ccc(F)cc2)CCC1N.Cl. The third-order valence-corrected chi connectivity index (χ3v) is 4.57. The first kappa shape index (κ1) is 17.9. The molecule has 1 unspecified atom stereocenters. The van der Waals surface area contributed by atoms with Gasteiger partial charge in [-0.3, -0.25) is 4.90 Å². The molecule has 6 heteroatoms. The number of piperidine rings is 1. The van der Waals surface area contributed by atoms with Crippen molar-refractivity contribution in [2.45, 2.75) is 32.9 Å². The molecule has 126 valence electrons. The van der Waals surface area contributed by atoms with Gasteiger partial charge in [-0.05, 0) is 42.2 Å². The van der Waals surface area contributed by atoms with Gasteiger partial charge in [-0.25, -0.2) is 9.07 Å². The van der Waals surface area contributed by atoms with Gasteiger partial charge < -0.3 is 5.73 Å². The molecule has 1 aliphatic heterocycles. The maximum Gasteiger partial charge on any atom is 0.123 e. The second-order valence-electron chi connectivity index (χ2n) is 6.81. The summed E-state index contributed by atoms with van der Waals surface area (Å²) >= 11 is 0. The summed E-state index contributed by atoms with van der Waals surface area (Å²) in [6.07, 6.45) is 2.80. The third-order valence-electron chi connectivity index (χ3n) is 4.57. The fourth-order valence-electron chi connectivity index (χ4n) is 3.11. The lowest BCUT2D eigenvalue weighted by Gasteiger charge is -2.42. The van der Waals surface area contributed by atoms with Gasteiger partial charge in [0.05, 0.1) is 11.4 Å². The van der Waals surface area contributed by atoms with E-state index in [0.717, 1.165) is 37.4 Å². The maximum absolute atomic E-state index is 13.1. The average molecular weight is 339 g/mol. The predicted molar refractivity (Wildman–Crippen MR) is 92.4 cm³/mol. The van der Waals surface area contributed by atoms with Crippen molar-refractivity contribution in [1.82, 2.24) is 14.7 Å². The van der Waals surface area contributed by atoms with Crippen LogP contribution in [0.1, 0.15) is 26.0 Å². The van der Waals surface area contributed by atoms with Crippen LogP contribution in [0.4, 0.5) is 4.39 Å². The lowest BCUT2D eigenvalue weighted by molar-refractivity contribution is 0.0883. The Labute approximate surface area is 142 Å². The van der Waals surface area contributed by atoms with Crippen molar-refractivity contribution in [3.8, 4) is 5.69 Å². The van der Waals surface area contributed by atoms with Crippen molar-refractivity contribution in [2.75, 3.05) is 13.1 Å². The van der Waals surface area contributed by atoms with Crippen molar-refractivity contribution in [2.24, 2.45) is 11.1 Å². The van der Waals surface area contributed by atoms with E-state index in [1.165, 1.54) is 12.1 Å². The van der Waals surface area contributed by atoms with Gasteiger partial charge in [0.25, 0.3) is 0 Å². The number of benzene rings is 1. The van der Waals surface area contributed by atoms with Crippen LogP contribution in [0, 0.1) is 11.2 Å². The number of hydrogen-bond acceptors (Lipinski definition) is 3. The molecule has 23 heavy (non-hydrogen) atoms. The van der Waals surface area contributed by atoms with Gasteiger partial charge in [0.1, 0.15) is 5.82 Å². The molecule has 0 spiro atoms. The van der Waals surface area contributed by atoms with Crippen LogP contribution in [0.2, 0.25) is 0 Å². The second kappa shape index (κ2) is 6.99. The molecular formula is C17H24ClFN4. The van der Waals surface area contributed by atoms with Crippen LogP contribution < -0.4 is 5.73 Å². The molecule has 1 aliphatic rings. The molecule has 1 aromatic heterocycles. The second-order valence-corrected chi connectivity index (χ2v) is 6.81. The van der Waals surface area contributed by atoms with Crippen molar-refractivity contribution < 1.29 is 4.39 Å². The zero-order valence-electron chi connectivity index (χ0n) is 13.6. The number of hydrogen-bond donors (Lipinski definition) is 1. The van der Waals surface area contributed by atoms with Crippen LogP contribution >= 0.6 is 12.4 Å². The Morgan fingerprint density at radius 1 is 1.26 bits per heavy atom. The van der Waals surface area contributed by atoms with Gasteiger partial charge in [0.2, 0.25) is 0 Å². The van der Waals surface area contributed by atoms with Crippen molar-refractivity contribution >= 4 is 12.4 Å². The van der Waals surface area contributed by atoms with Crippen LogP contribution in [-0.2, 0) is 6.54 Å². The highest BCUT2D eigenvalue weighted by molar-refractivity contribution is 5.85. The van der Waals surface area contributed by atoms with Crippen LogP contribution in [-0.4, -0.2) is 33.8 Å². The zero-order chi connectivity index (χ0) is 15.7. The summed E-state index contributed by atoms with van der Waals surface area (Å²) in [7, 11) is 0. The normalized spacial score (nSPS) is 21.0. The minimum Gasteiger partial charge on any atom is -0.327 e. The molecular weight excluding hydrogens is 315 g/mol. The van der Waals surface area contributed by atoms with Gasteiger partial charge >= 0.3 is 0 Å². The number of halogens is 2. The van der Waals surface area contributed by atoms with Crippen molar-refractivity contribution in [1.29, 1.82) is 0 Å². The minimum absolute atomic E-state index is 0. The molecule has 0 bridgehead atoms. The van der Waals surface area contributed by atoms with E-state index in [4.69, 9.17) is 5.73 Å². The van der Waals surface area contributed by atoms with E-state index in [9.17, 15) is 4.39 Å². The molecule has 2 N–H and O–H groups in total. The number of likely N-dealkylation sites (tertiary alicyclic amines) is 1. The van der Waals surface area contributed by atoms with E-state index in [-0.39, 0.29) is 29.7 Å². The van der Waals surface area contributed by atoms with E-state index in [1.807, 2.05) is 10.7 Å². The van der Waals surface area contributed by atoms with Gasteiger partial charge in [-0.15, -0.1) is 12.4 Å². The molecule has 0 amide bonds. The van der Waals surface area contributed by atoms with Gasteiger partial charge in [0, 0.05) is 31.9 Å². The quantitative estimate of drug-likeness (QED) is 0.935. The van der Waals surface area contributed by atoms with E-state index in [1.54, 1.807) is 18.3 Å². The van der Waals surface area contributed by atoms with Crippen LogP contribution in [0.3, 0.4) is 0 Å². The summed E-state index contributed by atoms with van der Waals surface area (Å²) in [5, 5.41) is 4.38. The summed E-state index contributed by atoms with van der Waals surface area (Å²) in [6.45, 7) is 7.25. The Bertz CT molecular complexity index is 638. The molecule has 2 aromatic rings. The monoisotopic (exact) mass is 338 g/mol. The Morgan fingerprint density at radius 2 is 1.96 bits per heavy atom. The standard InChI is InChI=1S/C17H23FN4.ClH/c1-17(2)12-21(10-8-16(17)19)11-15-7-9-20-22(15)14-5-3-13(18)4-6-14;/h3-7,9,16H,8,10-12,19H2,1-2H3;1H. The lowest BCUT2D eigenvalue weighted by Crippen LogP contribution is -2.52. The lowest BCUT2D eigenvalue weighted by atomic mass is 9.80. The summed E-state index contributed by atoms with van der Waals surface area (Å²) in [5.41, 5.74) is 8.32. The van der Waals surface area contributed by atoms with Gasteiger partial charge in [-0.1, -0.05) is 13.8 Å². The van der Waals surface area contributed by atoms with Crippen molar-refractivity contribution in [3.63, 3.8) is 0 Å². The first-order valence-electron chi connectivity index (χ1n) is 7.72. The van der Waals surface area contributed by atoms with E-state index >= 15 is 0 Å². The highest BCUT2D eigenvalue weighted by Crippen LogP contribution is 2.28. The smallest absolute Gasteiger partial charge is 0.123 e.